The zero-order valence-corrected chi connectivity index (χ0v) is 11.7. The summed E-state index contributed by atoms with van der Waals surface area (Å²) in [5, 5.41) is 9.41. The van der Waals surface area contributed by atoms with E-state index in [0.29, 0.717) is 6.42 Å². The highest BCUT2D eigenvalue weighted by Crippen LogP contribution is 2.24. The summed E-state index contributed by atoms with van der Waals surface area (Å²) in [6, 6.07) is 3.52. The zero-order chi connectivity index (χ0) is 14.0. The molecule has 0 spiro atoms. The third kappa shape index (κ3) is 2.62. The van der Waals surface area contributed by atoms with Crippen LogP contribution >= 0.6 is 0 Å². The summed E-state index contributed by atoms with van der Waals surface area (Å²) < 4.78 is 1.79. The van der Waals surface area contributed by atoms with E-state index in [9.17, 15) is 9.90 Å². The summed E-state index contributed by atoms with van der Waals surface area (Å²) in [7, 11) is 0. The number of unbranched alkanes of at least 4 members (excludes halogenated alkanes) is 1. The lowest BCUT2D eigenvalue weighted by Crippen LogP contribution is -2.18. The number of hydrogen-bond acceptors (Lipinski definition) is 2. The van der Waals surface area contributed by atoms with E-state index in [4.69, 9.17) is 0 Å². The molecule has 0 bridgehead atoms. The average Bonchev–Trinajstić information content (AvgIpc) is 2.73. The Morgan fingerprint density at radius 3 is 2.68 bits per heavy atom. The first kappa shape index (κ1) is 13.6. The average molecular weight is 260 g/mol. The highest BCUT2D eigenvalue weighted by atomic mass is 16.4. The molecule has 1 atom stereocenters. The molecule has 0 fully saturated rings. The van der Waals surface area contributed by atoms with Crippen LogP contribution in [0.15, 0.2) is 18.5 Å². The number of nitrogens with zero attached hydrogens (tertiary/aromatic N) is 2. The Morgan fingerprint density at radius 1 is 1.37 bits per heavy atom. The minimum absolute atomic E-state index is 0.521. The number of benzene rings is 1. The van der Waals surface area contributed by atoms with Crippen molar-refractivity contribution in [1.82, 2.24) is 9.55 Å². The maximum absolute atomic E-state index is 11.5. The van der Waals surface area contributed by atoms with Gasteiger partial charge >= 0.3 is 5.97 Å². The molecule has 2 rings (SSSR count). The van der Waals surface area contributed by atoms with Gasteiger partial charge in [-0.05, 0) is 43.5 Å². The number of carboxylic acid groups (broad SMARTS) is 1. The van der Waals surface area contributed by atoms with Gasteiger partial charge in [-0.2, -0.15) is 0 Å². The fraction of sp³-hybridized carbons (Fsp3) is 0.467. The molecule has 0 saturated heterocycles. The third-order valence-corrected chi connectivity index (χ3v) is 3.64. The lowest BCUT2D eigenvalue weighted by Gasteiger charge is -2.15. The normalized spacial score (nSPS) is 12.8. The highest BCUT2D eigenvalue weighted by Gasteiger charge is 2.21. The first-order chi connectivity index (χ1) is 9.04. The van der Waals surface area contributed by atoms with Gasteiger partial charge in [-0.25, -0.2) is 9.78 Å². The van der Waals surface area contributed by atoms with Crippen LogP contribution in [0.1, 0.15) is 43.4 Å². The predicted molar refractivity (Wildman–Crippen MR) is 75.4 cm³/mol. The summed E-state index contributed by atoms with van der Waals surface area (Å²) in [5.74, 6) is -0.786. The van der Waals surface area contributed by atoms with Crippen LogP contribution in [0.3, 0.4) is 0 Å². The van der Waals surface area contributed by atoms with Gasteiger partial charge in [0.1, 0.15) is 6.04 Å². The second-order valence-electron chi connectivity index (χ2n) is 5.07. The smallest absolute Gasteiger partial charge is 0.326 e. The molecule has 102 valence electrons. The van der Waals surface area contributed by atoms with Crippen LogP contribution in [0.2, 0.25) is 0 Å². The van der Waals surface area contributed by atoms with Gasteiger partial charge < -0.3 is 9.67 Å². The van der Waals surface area contributed by atoms with E-state index in [-0.39, 0.29) is 0 Å². The van der Waals surface area contributed by atoms with Crippen molar-refractivity contribution in [3.05, 3.63) is 29.6 Å². The lowest BCUT2D eigenvalue weighted by atomic mass is 10.1. The number of fused-ring (bicyclic) bond motifs is 1. The second kappa shape index (κ2) is 5.43. The Kier molecular flexibility index (Phi) is 3.88. The summed E-state index contributed by atoms with van der Waals surface area (Å²) in [4.78, 5) is 15.8. The van der Waals surface area contributed by atoms with E-state index >= 15 is 0 Å². The number of imidazole rings is 1. The topological polar surface area (TPSA) is 55.1 Å². The standard InChI is InChI=1S/C15H20N2O2/c1-4-5-6-13(15(18)19)17-9-16-12-7-10(2)11(3)8-14(12)17/h7-9,13H,4-6H2,1-3H3,(H,18,19). The molecular formula is C15H20N2O2. The second-order valence-corrected chi connectivity index (χ2v) is 5.07. The number of aromatic nitrogens is 2. The quantitative estimate of drug-likeness (QED) is 0.895. The predicted octanol–water partition coefficient (Wildman–Crippen LogP) is 3.47. The monoisotopic (exact) mass is 260 g/mol. The SMILES string of the molecule is CCCCC(C(=O)O)n1cnc2cc(C)c(C)cc21. The molecule has 2 aromatic rings. The maximum Gasteiger partial charge on any atom is 0.326 e. The summed E-state index contributed by atoms with van der Waals surface area (Å²) in [5.41, 5.74) is 4.12. The number of hydrogen-bond donors (Lipinski definition) is 1. The van der Waals surface area contributed by atoms with Crippen LogP contribution in [-0.2, 0) is 4.79 Å². The first-order valence-corrected chi connectivity index (χ1v) is 6.71. The third-order valence-electron chi connectivity index (χ3n) is 3.64. The molecule has 0 aliphatic rings. The largest absolute Gasteiger partial charge is 0.480 e. The van der Waals surface area contributed by atoms with Gasteiger partial charge in [0.05, 0.1) is 17.4 Å². The van der Waals surface area contributed by atoms with E-state index in [2.05, 4.69) is 11.9 Å². The minimum Gasteiger partial charge on any atom is -0.480 e. The highest BCUT2D eigenvalue weighted by molar-refractivity contribution is 5.81. The molecule has 4 nitrogen and oxygen atoms in total. The van der Waals surface area contributed by atoms with Gasteiger partial charge in [-0.3, -0.25) is 0 Å². The maximum atomic E-state index is 11.5. The molecule has 1 aromatic carbocycles. The molecule has 0 saturated carbocycles. The van der Waals surface area contributed by atoms with Gasteiger partial charge in [-0.1, -0.05) is 19.8 Å². The van der Waals surface area contributed by atoms with Crippen molar-refractivity contribution in [2.45, 2.75) is 46.1 Å². The van der Waals surface area contributed by atoms with Gasteiger partial charge in [0.25, 0.3) is 0 Å². The molecular weight excluding hydrogens is 240 g/mol. The molecule has 0 aliphatic heterocycles. The van der Waals surface area contributed by atoms with Crippen LogP contribution in [0.25, 0.3) is 11.0 Å². The molecule has 0 aliphatic carbocycles. The Morgan fingerprint density at radius 2 is 2.05 bits per heavy atom. The lowest BCUT2D eigenvalue weighted by molar-refractivity contribution is -0.141. The van der Waals surface area contributed by atoms with Gasteiger partial charge in [0.2, 0.25) is 0 Å². The van der Waals surface area contributed by atoms with Crippen molar-refractivity contribution in [2.24, 2.45) is 0 Å². The van der Waals surface area contributed by atoms with Gasteiger partial charge in [0, 0.05) is 0 Å². The van der Waals surface area contributed by atoms with Crippen LogP contribution in [0, 0.1) is 13.8 Å². The van der Waals surface area contributed by atoms with Gasteiger partial charge in [-0.15, -0.1) is 0 Å². The molecule has 1 N–H and O–H groups in total. The summed E-state index contributed by atoms with van der Waals surface area (Å²) in [6.07, 6.45) is 4.19. The molecule has 1 aromatic heterocycles. The van der Waals surface area contributed by atoms with Crippen molar-refractivity contribution in [2.75, 3.05) is 0 Å². The van der Waals surface area contributed by atoms with E-state index in [1.807, 2.05) is 26.0 Å². The van der Waals surface area contributed by atoms with Crippen LogP contribution in [0.4, 0.5) is 0 Å². The fourth-order valence-corrected chi connectivity index (χ4v) is 2.31. The van der Waals surface area contributed by atoms with Crippen LogP contribution in [-0.4, -0.2) is 20.6 Å². The Labute approximate surface area is 113 Å². The fourth-order valence-electron chi connectivity index (χ4n) is 2.31. The van der Waals surface area contributed by atoms with Gasteiger partial charge in [0.15, 0.2) is 0 Å². The van der Waals surface area contributed by atoms with E-state index < -0.39 is 12.0 Å². The van der Waals surface area contributed by atoms with Crippen molar-refractivity contribution in [3.8, 4) is 0 Å². The Hall–Kier alpha value is -1.84. The van der Waals surface area contributed by atoms with Crippen LogP contribution < -0.4 is 0 Å². The van der Waals surface area contributed by atoms with Crippen molar-refractivity contribution in [3.63, 3.8) is 0 Å². The molecule has 19 heavy (non-hydrogen) atoms. The first-order valence-electron chi connectivity index (χ1n) is 6.71. The molecule has 1 unspecified atom stereocenters. The van der Waals surface area contributed by atoms with E-state index in [0.717, 1.165) is 29.4 Å². The van der Waals surface area contributed by atoms with E-state index in [1.165, 1.54) is 5.56 Å². The molecule has 4 heteroatoms. The minimum atomic E-state index is -0.786. The zero-order valence-electron chi connectivity index (χ0n) is 11.7. The number of carboxylic acids is 1. The van der Waals surface area contributed by atoms with Crippen LogP contribution in [0.5, 0.6) is 0 Å². The molecule has 1 heterocycles. The van der Waals surface area contributed by atoms with Crippen molar-refractivity contribution in [1.29, 1.82) is 0 Å². The number of aliphatic carboxylic acids is 1. The Balaban J connectivity index is 2.48. The number of aryl methyl sites for hydroxylation is 2. The number of carbonyl (C=O) groups is 1. The summed E-state index contributed by atoms with van der Waals surface area (Å²) >= 11 is 0. The molecule has 0 radical (unpaired) electrons. The Bertz CT molecular complexity index is 601. The van der Waals surface area contributed by atoms with Crippen molar-refractivity contribution >= 4 is 17.0 Å². The summed E-state index contributed by atoms with van der Waals surface area (Å²) in [6.45, 7) is 6.14. The van der Waals surface area contributed by atoms with Crippen molar-refractivity contribution < 1.29 is 9.90 Å². The van der Waals surface area contributed by atoms with E-state index in [1.54, 1.807) is 10.9 Å². The molecule has 0 amide bonds. The number of rotatable bonds is 5.